The predicted octanol–water partition coefficient (Wildman–Crippen LogP) is 1.06. The first-order valence-corrected chi connectivity index (χ1v) is 14.8. The number of carbonyl (C=O) groups excluding carboxylic acids is 4. The van der Waals surface area contributed by atoms with Gasteiger partial charge in [0.2, 0.25) is 11.8 Å². The number of hydrogen-bond donors (Lipinski definition) is 3. The number of nitrogens with zero attached hydrogens (tertiary/aromatic N) is 6. The minimum Gasteiger partial charge on any atom is -0.481 e. The largest absolute Gasteiger partial charge is 0.481 e. The quantitative estimate of drug-likeness (QED) is 0.251. The Morgan fingerprint density at radius 1 is 1.04 bits per heavy atom. The van der Waals surface area contributed by atoms with Gasteiger partial charge in [0, 0.05) is 38.3 Å². The normalized spacial score (nSPS) is 16.3. The summed E-state index contributed by atoms with van der Waals surface area (Å²) in [5.74, 6) is -3.00. The molecule has 3 aromatic rings. The first kappa shape index (κ1) is 32.8. The van der Waals surface area contributed by atoms with Crippen molar-refractivity contribution in [2.45, 2.75) is 63.7 Å². The van der Waals surface area contributed by atoms with E-state index in [0.717, 1.165) is 11.3 Å². The fourth-order valence-electron chi connectivity index (χ4n) is 5.10. The lowest BCUT2D eigenvalue weighted by atomic mass is 10.1. The standard InChI is InChI=1S/C31H38N8O6/c1-20(38-16-8-7-11-24(31(38)45)32-30(44)22-12-14-23(15-13-22)37(2)3)29(43)33-25(18-28(41)42)26(40)19-39-27(34-35-36-39)17-21-9-5-4-6-10-21/h4-6,9-10,12-15,20,24-25H,7-8,11,16-19H2,1-3H3,(H,32,44)(H,33,43)(H,41,42). The third-order valence-corrected chi connectivity index (χ3v) is 7.72. The van der Waals surface area contributed by atoms with Crippen LogP contribution in [0.5, 0.6) is 0 Å². The van der Waals surface area contributed by atoms with Gasteiger partial charge in [0.1, 0.15) is 18.6 Å². The predicted molar refractivity (Wildman–Crippen MR) is 163 cm³/mol. The van der Waals surface area contributed by atoms with Crippen LogP contribution < -0.4 is 15.5 Å². The summed E-state index contributed by atoms with van der Waals surface area (Å²) >= 11 is 0. The first-order chi connectivity index (χ1) is 21.5. The molecule has 1 fully saturated rings. The Labute approximate surface area is 260 Å². The minimum atomic E-state index is -1.38. The van der Waals surface area contributed by atoms with Gasteiger partial charge in [-0.3, -0.25) is 24.0 Å². The van der Waals surface area contributed by atoms with Crippen LogP contribution in [0.15, 0.2) is 54.6 Å². The second-order valence-electron chi connectivity index (χ2n) is 11.2. The van der Waals surface area contributed by atoms with Gasteiger partial charge >= 0.3 is 5.97 Å². The Kier molecular flexibility index (Phi) is 11.0. The van der Waals surface area contributed by atoms with Crippen LogP contribution in [0.4, 0.5) is 5.69 Å². The second-order valence-corrected chi connectivity index (χ2v) is 11.2. The maximum Gasteiger partial charge on any atom is 0.305 e. The molecule has 1 aliphatic rings. The Morgan fingerprint density at radius 3 is 2.42 bits per heavy atom. The van der Waals surface area contributed by atoms with E-state index in [1.807, 2.05) is 49.3 Å². The van der Waals surface area contributed by atoms with Crippen molar-refractivity contribution < 1.29 is 29.1 Å². The summed E-state index contributed by atoms with van der Waals surface area (Å²) < 4.78 is 1.28. The maximum absolute atomic E-state index is 13.5. The molecule has 1 aliphatic heterocycles. The van der Waals surface area contributed by atoms with Gasteiger partial charge < -0.3 is 25.5 Å². The fraction of sp³-hybridized carbons (Fsp3) is 0.419. The van der Waals surface area contributed by atoms with Crippen molar-refractivity contribution >= 4 is 35.2 Å². The summed E-state index contributed by atoms with van der Waals surface area (Å²) in [6.07, 6.45) is 1.35. The van der Waals surface area contributed by atoms with Crippen molar-refractivity contribution in [2.24, 2.45) is 0 Å². The van der Waals surface area contributed by atoms with Crippen LogP contribution in [0.25, 0.3) is 0 Å². The molecule has 2 aromatic carbocycles. The van der Waals surface area contributed by atoms with Crippen molar-refractivity contribution in [1.29, 1.82) is 0 Å². The number of carboxylic acid groups (broad SMARTS) is 1. The molecule has 45 heavy (non-hydrogen) atoms. The summed E-state index contributed by atoms with van der Waals surface area (Å²) in [5, 5.41) is 26.3. The Morgan fingerprint density at radius 2 is 1.76 bits per heavy atom. The SMILES string of the molecule is CC(C(=O)NC(CC(=O)O)C(=O)Cn1nnnc1Cc1ccccc1)N1CCCCC(NC(=O)c2ccc(N(C)C)cc2)C1=O. The summed E-state index contributed by atoms with van der Waals surface area (Å²) in [5.41, 5.74) is 2.25. The number of carboxylic acids is 1. The van der Waals surface area contributed by atoms with E-state index in [9.17, 15) is 29.1 Å². The average Bonchev–Trinajstić information content (AvgIpc) is 3.36. The van der Waals surface area contributed by atoms with Gasteiger partial charge in [-0.15, -0.1) is 5.10 Å². The number of amides is 3. The molecule has 4 rings (SSSR count). The van der Waals surface area contributed by atoms with Gasteiger partial charge in [0.15, 0.2) is 11.6 Å². The summed E-state index contributed by atoms with van der Waals surface area (Å²) in [6.45, 7) is 1.43. The molecule has 1 saturated heterocycles. The molecule has 0 aliphatic carbocycles. The van der Waals surface area contributed by atoms with E-state index in [2.05, 4.69) is 26.2 Å². The highest BCUT2D eigenvalue weighted by atomic mass is 16.4. The van der Waals surface area contributed by atoms with Crippen LogP contribution in [0, 0.1) is 0 Å². The number of hydrogen-bond acceptors (Lipinski definition) is 9. The molecule has 0 spiro atoms. The third-order valence-electron chi connectivity index (χ3n) is 7.72. The number of aliphatic carboxylic acids is 1. The van der Waals surface area contributed by atoms with Crippen LogP contribution in [0.3, 0.4) is 0 Å². The number of carbonyl (C=O) groups is 5. The zero-order valence-corrected chi connectivity index (χ0v) is 25.5. The first-order valence-electron chi connectivity index (χ1n) is 14.8. The zero-order valence-electron chi connectivity index (χ0n) is 25.5. The maximum atomic E-state index is 13.5. The smallest absolute Gasteiger partial charge is 0.305 e. The molecule has 2 heterocycles. The van der Waals surface area contributed by atoms with Gasteiger partial charge in [-0.05, 0) is 66.4 Å². The van der Waals surface area contributed by atoms with Crippen molar-refractivity contribution in [1.82, 2.24) is 35.7 Å². The van der Waals surface area contributed by atoms with Crippen molar-refractivity contribution in [3.8, 4) is 0 Å². The van der Waals surface area contributed by atoms with Crippen LogP contribution in [-0.2, 0) is 32.1 Å². The molecule has 14 nitrogen and oxygen atoms in total. The molecule has 0 saturated carbocycles. The van der Waals surface area contributed by atoms with Crippen molar-refractivity contribution in [3.05, 3.63) is 71.5 Å². The van der Waals surface area contributed by atoms with E-state index in [4.69, 9.17) is 0 Å². The summed E-state index contributed by atoms with van der Waals surface area (Å²) in [4.78, 5) is 68.0. The van der Waals surface area contributed by atoms with E-state index in [1.54, 1.807) is 24.3 Å². The number of ketones is 1. The molecule has 14 heteroatoms. The number of likely N-dealkylation sites (tertiary alicyclic amines) is 1. The molecule has 3 unspecified atom stereocenters. The number of tetrazole rings is 1. The lowest BCUT2D eigenvalue weighted by molar-refractivity contribution is -0.143. The molecular weight excluding hydrogens is 580 g/mol. The number of rotatable bonds is 13. The summed E-state index contributed by atoms with van der Waals surface area (Å²) in [7, 11) is 3.78. The highest BCUT2D eigenvalue weighted by molar-refractivity contribution is 5.99. The van der Waals surface area contributed by atoms with Gasteiger partial charge in [0.25, 0.3) is 5.91 Å². The molecule has 238 valence electrons. The van der Waals surface area contributed by atoms with E-state index >= 15 is 0 Å². The highest BCUT2D eigenvalue weighted by Gasteiger charge is 2.35. The lowest BCUT2D eigenvalue weighted by Gasteiger charge is -2.30. The second kappa shape index (κ2) is 15.0. The minimum absolute atomic E-state index is 0.266. The third kappa shape index (κ3) is 8.71. The van der Waals surface area contributed by atoms with Gasteiger partial charge in [-0.25, -0.2) is 4.68 Å². The van der Waals surface area contributed by atoms with Gasteiger partial charge in [-0.2, -0.15) is 0 Å². The Hall–Kier alpha value is -5.14. The number of Topliss-reactive ketones (excluding diaryl/α,β-unsaturated/α-hetero) is 1. The van der Waals surface area contributed by atoms with E-state index in [-0.39, 0.29) is 13.1 Å². The Bertz CT molecular complexity index is 1510. The number of aromatic nitrogens is 4. The molecule has 0 bridgehead atoms. The van der Waals surface area contributed by atoms with E-state index in [1.165, 1.54) is 16.5 Å². The number of anilines is 1. The topological polar surface area (TPSA) is 180 Å². The van der Waals surface area contributed by atoms with Crippen LogP contribution in [0.2, 0.25) is 0 Å². The van der Waals surface area contributed by atoms with E-state index in [0.29, 0.717) is 37.1 Å². The summed E-state index contributed by atoms with van der Waals surface area (Å²) in [6, 6.07) is 13.1. The van der Waals surface area contributed by atoms with Crippen LogP contribution in [-0.4, -0.2) is 98.5 Å². The van der Waals surface area contributed by atoms with E-state index < -0.39 is 54.0 Å². The van der Waals surface area contributed by atoms with Gasteiger partial charge in [0.05, 0.1) is 12.5 Å². The van der Waals surface area contributed by atoms with Crippen LogP contribution >= 0.6 is 0 Å². The molecular formula is C31H38N8O6. The highest BCUT2D eigenvalue weighted by Crippen LogP contribution is 2.18. The van der Waals surface area contributed by atoms with Crippen molar-refractivity contribution in [2.75, 3.05) is 25.5 Å². The van der Waals surface area contributed by atoms with Crippen molar-refractivity contribution in [3.63, 3.8) is 0 Å². The van der Waals surface area contributed by atoms with Crippen LogP contribution in [0.1, 0.15) is 54.4 Å². The molecule has 0 radical (unpaired) electrons. The molecule has 3 atom stereocenters. The fourth-order valence-corrected chi connectivity index (χ4v) is 5.10. The Balaban J connectivity index is 1.41. The number of benzene rings is 2. The lowest BCUT2D eigenvalue weighted by Crippen LogP contribution is -2.56. The average molecular weight is 619 g/mol. The van der Waals surface area contributed by atoms with Gasteiger partial charge in [-0.1, -0.05) is 30.3 Å². The molecule has 1 aromatic heterocycles. The number of nitrogens with one attached hydrogen (secondary N) is 2. The molecule has 3 N–H and O–H groups in total. The zero-order chi connectivity index (χ0) is 32.5. The molecule has 3 amide bonds. The monoisotopic (exact) mass is 618 g/mol.